The fourth-order valence-corrected chi connectivity index (χ4v) is 6.00. The number of hydrogen-bond donors (Lipinski definition) is 2. The van der Waals surface area contributed by atoms with Crippen LogP contribution in [0.5, 0.6) is 0 Å². The Bertz CT molecular complexity index is 1570. The Morgan fingerprint density at radius 1 is 0.976 bits per heavy atom. The average molecular weight is 570 g/mol. The van der Waals surface area contributed by atoms with E-state index in [4.69, 9.17) is 4.74 Å². The zero-order chi connectivity index (χ0) is 28.8. The lowest BCUT2D eigenvalue weighted by Gasteiger charge is -2.29. The maximum absolute atomic E-state index is 13.9. The summed E-state index contributed by atoms with van der Waals surface area (Å²) in [6, 6.07) is 21.1. The number of anilines is 2. The van der Waals surface area contributed by atoms with E-state index in [0.29, 0.717) is 40.4 Å². The lowest BCUT2D eigenvalue weighted by molar-refractivity contribution is -0.140. The molecule has 1 fully saturated rings. The predicted molar refractivity (Wildman–Crippen MR) is 166 cm³/mol. The van der Waals surface area contributed by atoms with E-state index in [2.05, 4.69) is 15.2 Å². The first-order valence-electron chi connectivity index (χ1n) is 14.0. The molecule has 7 nitrogen and oxygen atoms in total. The number of amides is 1. The van der Waals surface area contributed by atoms with Gasteiger partial charge < -0.3 is 19.9 Å². The smallest absolute Gasteiger partial charge is 0.306 e. The van der Waals surface area contributed by atoms with Crippen LogP contribution in [0.3, 0.4) is 0 Å². The summed E-state index contributed by atoms with van der Waals surface area (Å²) in [6.07, 6.45) is 3.82. The summed E-state index contributed by atoms with van der Waals surface area (Å²) in [5.74, 6) is 0.643. The van der Waals surface area contributed by atoms with Gasteiger partial charge in [-0.1, -0.05) is 24.3 Å². The van der Waals surface area contributed by atoms with Gasteiger partial charge in [-0.15, -0.1) is 0 Å². The SMILES string of the molecule is COC(=O)CCSCc1cccc(C(=O)Nc2ccc(N3CCCCC3)cc2C(=O)c2cc3ccc(C)cc3[nH]2)c1. The van der Waals surface area contributed by atoms with Crippen molar-refractivity contribution < 1.29 is 19.1 Å². The number of nitrogens with one attached hydrogen (secondary N) is 2. The number of piperidine rings is 1. The monoisotopic (exact) mass is 569 g/mol. The maximum Gasteiger partial charge on any atom is 0.306 e. The third-order valence-electron chi connectivity index (χ3n) is 7.38. The molecule has 4 aromatic rings. The Morgan fingerprint density at radius 3 is 2.61 bits per heavy atom. The largest absolute Gasteiger partial charge is 0.469 e. The summed E-state index contributed by atoms with van der Waals surface area (Å²) in [5, 5.41) is 3.98. The van der Waals surface area contributed by atoms with Crippen LogP contribution in [-0.2, 0) is 15.3 Å². The Labute approximate surface area is 244 Å². The van der Waals surface area contributed by atoms with Gasteiger partial charge in [-0.3, -0.25) is 14.4 Å². The Kier molecular flexibility index (Phi) is 9.09. The lowest BCUT2D eigenvalue weighted by atomic mass is 10.0. The number of nitrogens with zero attached hydrogens (tertiary/aromatic N) is 1. The molecular weight excluding hydrogens is 534 g/mol. The average Bonchev–Trinajstić information content (AvgIpc) is 3.43. The molecule has 0 aliphatic carbocycles. The van der Waals surface area contributed by atoms with Gasteiger partial charge in [-0.05, 0) is 79.8 Å². The normalized spacial score (nSPS) is 13.3. The van der Waals surface area contributed by atoms with Crippen LogP contribution in [0.2, 0.25) is 0 Å². The maximum atomic E-state index is 13.9. The molecule has 0 saturated carbocycles. The number of aromatic nitrogens is 1. The summed E-state index contributed by atoms with van der Waals surface area (Å²) >= 11 is 1.61. The van der Waals surface area contributed by atoms with E-state index in [1.54, 1.807) is 17.8 Å². The molecule has 1 aliphatic heterocycles. The zero-order valence-corrected chi connectivity index (χ0v) is 24.3. The molecule has 2 N–H and O–H groups in total. The van der Waals surface area contributed by atoms with Crippen LogP contribution in [0.4, 0.5) is 11.4 Å². The minimum atomic E-state index is -0.279. The van der Waals surface area contributed by atoms with Crippen molar-refractivity contribution in [3.8, 4) is 0 Å². The summed E-state index contributed by atoms with van der Waals surface area (Å²) in [7, 11) is 1.39. The highest BCUT2D eigenvalue weighted by molar-refractivity contribution is 7.98. The van der Waals surface area contributed by atoms with E-state index < -0.39 is 0 Å². The van der Waals surface area contributed by atoms with Crippen molar-refractivity contribution in [3.63, 3.8) is 0 Å². The number of carbonyl (C=O) groups is 3. The van der Waals surface area contributed by atoms with Crippen LogP contribution in [-0.4, -0.2) is 48.6 Å². The Morgan fingerprint density at radius 2 is 1.80 bits per heavy atom. The van der Waals surface area contributed by atoms with Gasteiger partial charge in [0.25, 0.3) is 5.91 Å². The third kappa shape index (κ3) is 7.00. The first kappa shape index (κ1) is 28.5. The predicted octanol–water partition coefficient (Wildman–Crippen LogP) is 6.75. The van der Waals surface area contributed by atoms with Gasteiger partial charge in [-0.25, -0.2) is 0 Å². The number of carbonyl (C=O) groups excluding carboxylic acids is 3. The Balaban J connectivity index is 1.39. The number of hydrogen-bond acceptors (Lipinski definition) is 6. The molecule has 2 heterocycles. The minimum Gasteiger partial charge on any atom is -0.469 e. The van der Waals surface area contributed by atoms with Gasteiger partial charge in [-0.2, -0.15) is 11.8 Å². The topological polar surface area (TPSA) is 91.5 Å². The Hall–Kier alpha value is -4.04. The number of benzene rings is 3. The molecule has 8 heteroatoms. The second kappa shape index (κ2) is 13.1. The van der Waals surface area contributed by atoms with Crippen molar-refractivity contribution in [1.29, 1.82) is 0 Å². The molecule has 0 unspecified atom stereocenters. The van der Waals surface area contributed by atoms with Crippen LogP contribution < -0.4 is 10.2 Å². The second-order valence-electron chi connectivity index (χ2n) is 10.4. The molecule has 1 amide bonds. The minimum absolute atomic E-state index is 0.163. The van der Waals surface area contributed by atoms with E-state index in [0.717, 1.165) is 53.6 Å². The highest BCUT2D eigenvalue weighted by atomic mass is 32.2. The molecule has 1 aliphatic rings. The number of ketones is 1. The van der Waals surface area contributed by atoms with Gasteiger partial charge in [0.05, 0.1) is 24.9 Å². The van der Waals surface area contributed by atoms with E-state index >= 15 is 0 Å². The molecule has 0 bridgehead atoms. The zero-order valence-electron chi connectivity index (χ0n) is 23.5. The van der Waals surface area contributed by atoms with Gasteiger partial charge in [0.1, 0.15) is 0 Å². The van der Waals surface area contributed by atoms with Crippen molar-refractivity contribution in [1.82, 2.24) is 4.98 Å². The molecular formula is C33H35N3O4S. The molecule has 212 valence electrons. The van der Waals surface area contributed by atoms with Gasteiger partial charge in [0.15, 0.2) is 0 Å². The van der Waals surface area contributed by atoms with Gasteiger partial charge >= 0.3 is 5.97 Å². The lowest BCUT2D eigenvalue weighted by Crippen LogP contribution is -2.29. The number of aromatic amines is 1. The number of ether oxygens (including phenoxy) is 1. The fourth-order valence-electron chi connectivity index (χ4n) is 5.13. The molecule has 41 heavy (non-hydrogen) atoms. The molecule has 5 rings (SSSR count). The number of esters is 1. The number of fused-ring (bicyclic) bond motifs is 1. The van der Waals surface area contributed by atoms with Crippen molar-refractivity contribution in [2.45, 2.75) is 38.4 Å². The first-order chi connectivity index (χ1) is 19.9. The van der Waals surface area contributed by atoms with E-state index in [9.17, 15) is 14.4 Å². The molecule has 0 atom stereocenters. The number of rotatable bonds is 10. The van der Waals surface area contributed by atoms with Crippen LogP contribution in [0.25, 0.3) is 10.9 Å². The summed E-state index contributed by atoms with van der Waals surface area (Å²) in [5.41, 5.74) is 5.93. The summed E-state index contributed by atoms with van der Waals surface area (Å²) < 4.78 is 4.69. The highest BCUT2D eigenvalue weighted by Crippen LogP contribution is 2.29. The van der Waals surface area contributed by atoms with Crippen LogP contribution >= 0.6 is 11.8 Å². The summed E-state index contributed by atoms with van der Waals surface area (Å²) in [6.45, 7) is 3.93. The van der Waals surface area contributed by atoms with Crippen molar-refractivity contribution in [3.05, 3.63) is 94.7 Å². The van der Waals surface area contributed by atoms with Crippen molar-refractivity contribution >= 4 is 51.7 Å². The van der Waals surface area contributed by atoms with Crippen molar-refractivity contribution in [2.24, 2.45) is 0 Å². The molecule has 0 radical (unpaired) electrons. The molecule has 3 aromatic carbocycles. The molecule has 0 spiro atoms. The van der Waals surface area contributed by atoms with Gasteiger partial charge in [0.2, 0.25) is 5.78 Å². The molecule has 1 aromatic heterocycles. The van der Waals surface area contributed by atoms with Gasteiger partial charge in [0, 0.05) is 52.3 Å². The van der Waals surface area contributed by atoms with E-state index in [-0.39, 0.29) is 17.7 Å². The third-order valence-corrected chi connectivity index (χ3v) is 8.41. The second-order valence-corrected chi connectivity index (χ2v) is 11.5. The quantitative estimate of drug-likeness (QED) is 0.125. The number of thioether (sulfide) groups is 1. The fraction of sp³-hybridized carbons (Fsp3) is 0.303. The van der Waals surface area contributed by atoms with E-state index in [1.807, 2.05) is 67.6 Å². The van der Waals surface area contributed by atoms with Crippen LogP contribution in [0, 0.1) is 6.92 Å². The number of aryl methyl sites for hydroxylation is 1. The summed E-state index contributed by atoms with van der Waals surface area (Å²) in [4.78, 5) is 44.2. The molecule has 1 saturated heterocycles. The van der Waals surface area contributed by atoms with Crippen LogP contribution in [0.1, 0.15) is 63.2 Å². The standard InChI is InChI=1S/C33H35N3O4S/c1-22-9-10-24-19-30(34-29(24)17-22)32(38)27-20-26(36-14-4-3-5-15-36)11-12-28(27)35-33(39)25-8-6-7-23(18-25)21-41-16-13-31(37)40-2/h6-12,17-20,34H,3-5,13-16,21H2,1-2H3,(H,35,39). The van der Waals surface area contributed by atoms with E-state index in [1.165, 1.54) is 13.5 Å². The first-order valence-corrected chi connectivity index (χ1v) is 15.1. The highest BCUT2D eigenvalue weighted by Gasteiger charge is 2.21. The number of H-pyrrole nitrogens is 1. The van der Waals surface area contributed by atoms with Crippen LogP contribution in [0.15, 0.2) is 66.7 Å². The van der Waals surface area contributed by atoms with Crippen molar-refractivity contribution in [2.75, 3.05) is 36.2 Å². The number of methoxy groups -OCH3 is 1.